The summed E-state index contributed by atoms with van der Waals surface area (Å²) in [5, 5.41) is 12.3. The molecular formula is C11H8BrNO4. The number of ether oxygens (including phenoxy) is 1. The van der Waals surface area contributed by atoms with Crippen LogP contribution in [0, 0.1) is 0 Å². The smallest absolute Gasteiger partial charge is 0.376 e. The summed E-state index contributed by atoms with van der Waals surface area (Å²) in [4.78, 5) is 10.7. The molecule has 0 bridgehead atoms. The van der Waals surface area contributed by atoms with Crippen molar-refractivity contribution in [2.45, 2.75) is 6.61 Å². The number of benzene rings is 1. The highest BCUT2D eigenvalue weighted by Crippen LogP contribution is 2.28. The van der Waals surface area contributed by atoms with Gasteiger partial charge in [-0.05, 0) is 26.7 Å². The molecule has 6 heteroatoms. The van der Waals surface area contributed by atoms with Gasteiger partial charge in [-0.3, -0.25) is 0 Å². The Morgan fingerprint density at radius 3 is 2.71 bits per heavy atom. The van der Waals surface area contributed by atoms with E-state index in [0.29, 0.717) is 6.61 Å². The summed E-state index contributed by atoms with van der Waals surface area (Å²) in [6.07, 6.45) is 0. The van der Waals surface area contributed by atoms with E-state index in [0.717, 1.165) is 5.56 Å². The first-order chi connectivity index (χ1) is 8.18. The van der Waals surface area contributed by atoms with Crippen molar-refractivity contribution in [3.05, 3.63) is 46.1 Å². The molecule has 0 fully saturated rings. The zero-order valence-electron chi connectivity index (χ0n) is 8.59. The van der Waals surface area contributed by atoms with Crippen LogP contribution in [0.3, 0.4) is 0 Å². The number of aromatic nitrogens is 1. The van der Waals surface area contributed by atoms with Crippen LogP contribution in [-0.4, -0.2) is 16.2 Å². The van der Waals surface area contributed by atoms with Gasteiger partial charge >= 0.3 is 5.97 Å². The molecule has 0 saturated carbocycles. The lowest BCUT2D eigenvalue weighted by atomic mass is 10.2. The fourth-order valence-electron chi connectivity index (χ4n) is 1.21. The number of carboxylic acids is 1. The second kappa shape index (κ2) is 5.01. The number of carbonyl (C=O) groups is 1. The lowest BCUT2D eigenvalue weighted by Crippen LogP contribution is -1.97. The van der Waals surface area contributed by atoms with Gasteiger partial charge in [0.1, 0.15) is 11.1 Å². The van der Waals surface area contributed by atoms with Crippen molar-refractivity contribution in [1.29, 1.82) is 0 Å². The highest BCUT2D eigenvalue weighted by molar-refractivity contribution is 9.10. The van der Waals surface area contributed by atoms with Crippen LogP contribution in [0.1, 0.15) is 16.1 Å². The minimum absolute atomic E-state index is 0.131. The van der Waals surface area contributed by atoms with Crippen LogP contribution >= 0.6 is 15.9 Å². The van der Waals surface area contributed by atoms with Crippen LogP contribution < -0.4 is 4.74 Å². The quantitative estimate of drug-likeness (QED) is 0.939. The van der Waals surface area contributed by atoms with Crippen molar-refractivity contribution in [2.24, 2.45) is 0 Å². The molecule has 2 aromatic rings. The molecule has 0 spiro atoms. The van der Waals surface area contributed by atoms with Crippen LogP contribution in [-0.2, 0) is 6.61 Å². The topological polar surface area (TPSA) is 72.6 Å². The van der Waals surface area contributed by atoms with Gasteiger partial charge < -0.3 is 14.4 Å². The van der Waals surface area contributed by atoms with Gasteiger partial charge in [-0.2, -0.15) is 0 Å². The standard InChI is InChI=1S/C11H8BrNO4/c12-8-9(11(14)15)17-13-10(8)16-6-7-4-2-1-3-5-7/h1-5H,6H2,(H,14,15). The monoisotopic (exact) mass is 297 g/mol. The van der Waals surface area contributed by atoms with Crippen molar-refractivity contribution < 1.29 is 19.2 Å². The first-order valence-electron chi connectivity index (χ1n) is 4.73. The van der Waals surface area contributed by atoms with Crippen molar-refractivity contribution in [3.8, 4) is 5.88 Å². The summed E-state index contributed by atoms with van der Waals surface area (Å²) in [7, 11) is 0. The van der Waals surface area contributed by atoms with E-state index in [1.807, 2.05) is 30.3 Å². The molecule has 88 valence electrons. The Bertz CT molecular complexity index is 524. The largest absolute Gasteiger partial charge is 0.475 e. The maximum Gasteiger partial charge on any atom is 0.376 e. The number of nitrogens with zero attached hydrogens (tertiary/aromatic N) is 1. The van der Waals surface area contributed by atoms with Crippen molar-refractivity contribution in [3.63, 3.8) is 0 Å². The van der Waals surface area contributed by atoms with E-state index in [-0.39, 0.29) is 16.1 Å². The third-order valence-electron chi connectivity index (χ3n) is 2.02. The predicted octanol–water partition coefficient (Wildman–Crippen LogP) is 2.71. The normalized spacial score (nSPS) is 10.2. The highest BCUT2D eigenvalue weighted by Gasteiger charge is 2.20. The van der Waals surface area contributed by atoms with E-state index in [1.165, 1.54) is 0 Å². The van der Waals surface area contributed by atoms with Gasteiger partial charge in [0.05, 0.1) is 0 Å². The molecule has 0 aliphatic carbocycles. The maximum absolute atomic E-state index is 10.7. The predicted molar refractivity (Wildman–Crippen MR) is 61.9 cm³/mol. The molecular weight excluding hydrogens is 290 g/mol. The molecule has 0 radical (unpaired) electrons. The van der Waals surface area contributed by atoms with Gasteiger partial charge in [-0.15, -0.1) is 0 Å². The Labute approximate surface area is 105 Å². The fraction of sp³-hybridized carbons (Fsp3) is 0.0909. The number of halogens is 1. The lowest BCUT2D eigenvalue weighted by Gasteiger charge is -2.01. The minimum atomic E-state index is -1.20. The van der Waals surface area contributed by atoms with Crippen LogP contribution in [0.15, 0.2) is 39.3 Å². The van der Waals surface area contributed by atoms with Gasteiger partial charge in [0.2, 0.25) is 0 Å². The number of carboxylic acid groups (broad SMARTS) is 1. The third kappa shape index (κ3) is 2.65. The summed E-state index contributed by atoms with van der Waals surface area (Å²) in [5.74, 6) is -1.33. The minimum Gasteiger partial charge on any atom is -0.475 e. The SMILES string of the molecule is O=C(O)c1onc(OCc2ccccc2)c1Br. The molecule has 0 amide bonds. The van der Waals surface area contributed by atoms with Gasteiger partial charge in [0, 0.05) is 0 Å². The van der Waals surface area contributed by atoms with E-state index >= 15 is 0 Å². The van der Waals surface area contributed by atoms with Crippen LogP contribution in [0.25, 0.3) is 0 Å². The Hall–Kier alpha value is -1.82. The van der Waals surface area contributed by atoms with Crippen LogP contribution in [0.2, 0.25) is 0 Å². The summed E-state index contributed by atoms with van der Waals surface area (Å²) in [6, 6.07) is 9.47. The first-order valence-corrected chi connectivity index (χ1v) is 5.53. The Kier molecular flexibility index (Phi) is 3.43. The zero-order chi connectivity index (χ0) is 12.3. The highest BCUT2D eigenvalue weighted by atomic mass is 79.9. The molecule has 17 heavy (non-hydrogen) atoms. The molecule has 5 nitrogen and oxygen atoms in total. The molecule has 1 aromatic heterocycles. The molecule has 2 rings (SSSR count). The molecule has 0 aliphatic rings. The summed E-state index contributed by atoms with van der Waals surface area (Å²) < 4.78 is 10.2. The van der Waals surface area contributed by atoms with Gasteiger partial charge in [0.25, 0.3) is 11.6 Å². The molecule has 1 N–H and O–H groups in total. The lowest BCUT2D eigenvalue weighted by molar-refractivity contribution is 0.0650. The average molecular weight is 298 g/mol. The first kappa shape index (κ1) is 11.7. The van der Waals surface area contributed by atoms with Crippen molar-refractivity contribution >= 4 is 21.9 Å². The molecule has 0 unspecified atom stereocenters. The van der Waals surface area contributed by atoms with E-state index in [9.17, 15) is 4.79 Å². The molecule has 1 aromatic carbocycles. The second-order valence-corrected chi connectivity index (χ2v) is 4.00. The van der Waals surface area contributed by atoms with Gasteiger partial charge in [0.15, 0.2) is 0 Å². The maximum atomic E-state index is 10.7. The molecule has 0 aliphatic heterocycles. The second-order valence-electron chi connectivity index (χ2n) is 3.21. The fourth-order valence-corrected chi connectivity index (χ4v) is 1.64. The summed E-state index contributed by atoms with van der Waals surface area (Å²) >= 11 is 3.06. The van der Waals surface area contributed by atoms with E-state index in [2.05, 4.69) is 25.6 Å². The summed E-state index contributed by atoms with van der Waals surface area (Å²) in [6.45, 7) is 0.297. The number of hydrogen-bond acceptors (Lipinski definition) is 4. The van der Waals surface area contributed by atoms with E-state index in [1.54, 1.807) is 0 Å². The zero-order valence-corrected chi connectivity index (χ0v) is 10.2. The Morgan fingerprint density at radius 2 is 2.12 bits per heavy atom. The molecule has 0 saturated heterocycles. The van der Waals surface area contributed by atoms with Gasteiger partial charge in [-0.25, -0.2) is 4.79 Å². The third-order valence-corrected chi connectivity index (χ3v) is 2.72. The van der Waals surface area contributed by atoms with Gasteiger partial charge in [-0.1, -0.05) is 30.3 Å². The average Bonchev–Trinajstić information content (AvgIpc) is 2.69. The van der Waals surface area contributed by atoms with E-state index < -0.39 is 5.97 Å². The Balaban J connectivity index is 2.07. The van der Waals surface area contributed by atoms with E-state index in [4.69, 9.17) is 9.84 Å². The van der Waals surface area contributed by atoms with Crippen molar-refractivity contribution in [1.82, 2.24) is 5.16 Å². The van der Waals surface area contributed by atoms with Crippen LogP contribution in [0.4, 0.5) is 0 Å². The van der Waals surface area contributed by atoms with Crippen LogP contribution in [0.5, 0.6) is 5.88 Å². The van der Waals surface area contributed by atoms with Crippen molar-refractivity contribution in [2.75, 3.05) is 0 Å². The molecule has 1 heterocycles. The Morgan fingerprint density at radius 1 is 1.41 bits per heavy atom. The molecule has 0 atom stereocenters. The number of rotatable bonds is 4. The summed E-state index contributed by atoms with van der Waals surface area (Å²) in [5.41, 5.74) is 0.958. The number of hydrogen-bond donors (Lipinski definition) is 1. The number of aromatic carboxylic acids is 1.